The highest BCUT2D eigenvalue weighted by molar-refractivity contribution is 7.91. The van der Waals surface area contributed by atoms with E-state index in [0.717, 1.165) is 11.8 Å². The molecule has 3 atom stereocenters. The van der Waals surface area contributed by atoms with Crippen LogP contribution in [-0.4, -0.2) is 44.7 Å². The van der Waals surface area contributed by atoms with Crippen molar-refractivity contribution in [2.75, 3.05) is 20.0 Å². The SMILES string of the molecule is COCC1(C(=O)O)C(c2ccccc2)C1S(C)(=O)=O. The molecule has 1 aromatic carbocycles. The van der Waals surface area contributed by atoms with Crippen LogP contribution < -0.4 is 0 Å². The second-order valence-corrected chi connectivity index (χ2v) is 7.08. The number of carboxylic acids is 1. The van der Waals surface area contributed by atoms with E-state index in [1.165, 1.54) is 7.11 Å². The Hall–Kier alpha value is -1.40. The molecular weight excluding hydrogens is 268 g/mol. The summed E-state index contributed by atoms with van der Waals surface area (Å²) in [6.07, 6.45) is 1.08. The van der Waals surface area contributed by atoms with Gasteiger partial charge in [-0.2, -0.15) is 0 Å². The van der Waals surface area contributed by atoms with Gasteiger partial charge in [-0.1, -0.05) is 30.3 Å². The highest BCUT2D eigenvalue weighted by atomic mass is 32.2. The van der Waals surface area contributed by atoms with Crippen molar-refractivity contribution in [3.63, 3.8) is 0 Å². The van der Waals surface area contributed by atoms with Gasteiger partial charge in [0, 0.05) is 19.3 Å². The standard InChI is InChI=1S/C13H16O5S/c1-18-8-13(12(14)15)10(11(13)19(2,16)17)9-6-4-3-5-7-9/h3-7,10-11H,8H2,1-2H3,(H,14,15). The molecule has 1 saturated carbocycles. The van der Waals surface area contributed by atoms with Gasteiger partial charge in [-0.25, -0.2) is 8.42 Å². The van der Waals surface area contributed by atoms with Crippen molar-refractivity contribution < 1.29 is 23.1 Å². The first kappa shape index (κ1) is 14.0. The van der Waals surface area contributed by atoms with Gasteiger partial charge in [0.1, 0.15) is 5.41 Å². The fraction of sp³-hybridized carbons (Fsp3) is 0.462. The zero-order chi connectivity index (χ0) is 14.3. The third-order valence-electron chi connectivity index (χ3n) is 3.66. The van der Waals surface area contributed by atoms with Crippen molar-refractivity contribution in [1.29, 1.82) is 0 Å². The van der Waals surface area contributed by atoms with Gasteiger partial charge in [0.05, 0.1) is 11.9 Å². The Bertz CT molecular complexity index is 580. The van der Waals surface area contributed by atoms with Gasteiger partial charge in [0.25, 0.3) is 0 Å². The number of rotatable bonds is 5. The molecule has 6 heteroatoms. The summed E-state index contributed by atoms with van der Waals surface area (Å²) in [5.74, 6) is -1.68. The Kier molecular flexibility index (Phi) is 3.40. The van der Waals surface area contributed by atoms with Crippen LogP contribution in [-0.2, 0) is 19.4 Å². The second-order valence-electron chi connectivity index (χ2n) is 4.92. The lowest BCUT2D eigenvalue weighted by Gasteiger charge is -2.11. The van der Waals surface area contributed by atoms with E-state index < -0.39 is 32.4 Å². The summed E-state index contributed by atoms with van der Waals surface area (Å²) in [5, 5.41) is 8.53. The van der Waals surface area contributed by atoms with E-state index >= 15 is 0 Å². The predicted octanol–water partition coefficient (Wildman–Crippen LogP) is 0.914. The molecule has 104 valence electrons. The van der Waals surface area contributed by atoms with Gasteiger partial charge in [0.15, 0.2) is 9.84 Å². The number of benzene rings is 1. The summed E-state index contributed by atoms with van der Waals surface area (Å²) < 4.78 is 28.7. The Morgan fingerprint density at radius 1 is 1.37 bits per heavy atom. The van der Waals surface area contributed by atoms with E-state index in [2.05, 4.69) is 0 Å². The van der Waals surface area contributed by atoms with Crippen molar-refractivity contribution >= 4 is 15.8 Å². The van der Waals surface area contributed by atoms with E-state index in [1.54, 1.807) is 30.3 Å². The van der Waals surface area contributed by atoms with Crippen LogP contribution in [0.3, 0.4) is 0 Å². The zero-order valence-electron chi connectivity index (χ0n) is 10.7. The minimum atomic E-state index is -3.46. The lowest BCUT2D eigenvalue weighted by molar-refractivity contribution is -0.145. The molecule has 0 spiro atoms. The average Bonchev–Trinajstić information content (AvgIpc) is 3.01. The van der Waals surface area contributed by atoms with E-state index in [-0.39, 0.29) is 6.61 Å². The molecule has 0 heterocycles. The molecule has 1 fully saturated rings. The summed E-state index contributed by atoms with van der Waals surface area (Å²) in [7, 11) is -2.08. The Morgan fingerprint density at radius 3 is 2.37 bits per heavy atom. The van der Waals surface area contributed by atoms with Crippen LogP contribution in [0.4, 0.5) is 0 Å². The van der Waals surface area contributed by atoms with Crippen LogP contribution in [0.15, 0.2) is 30.3 Å². The third-order valence-corrected chi connectivity index (χ3v) is 5.27. The third kappa shape index (κ3) is 2.15. The molecule has 1 aromatic rings. The lowest BCUT2D eigenvalue weighted by atomic mass is 10.0. The molecule has 0 aliphatic heterocycles. The van der Waals surface area contributed by atoms with Crippen LogP contribution in [0.1, 0.15) is 11.5 Å². The minimum absolute atomic E-state index is 0.111. The predicted molar refractivity (Wildman–Crippen MR) is 69.8 cm³/mol. The molecular formula is C13H16O5S. The topological polar surface area (TPSA) is 80.7 Å². The molecule has 19 heavy (non-hydrogen) atoms. The van der Waals surface area contributed by atoms with Gasteiger partial charge in [0.2, 0.25) is 0 Å². The van der Waals surface area contributed by atoms with Gasteiger partial charge in [-0.15, -0.1) is 0 Å². The molecule has 0 aromatic heterocycles. The normalized spacial score (nSPS) is 30.0. The fourth-order valence-electron chi connectivity index (χ4n) is 2.89. The van der Waals surface area contributed by atoms with Crippen LogP contribution in [0.5, 0.6) is 0 Å². The van der Waals surface area contributed by atoms with Crippen LogP contribution in [0.2, 0.25) is 0 Å². The van der Waals surface area contributed by atoms with Crippen molar-refractivity contribution in [2.24, 2.45) is 5.41 Å². The molecule has 1 aliphatic rings. The average molecular weight is 284 g/mol. The summed E-state index contributed by atoms with van der Waals surface area (Å²) in [6, 6.07) is 8.85. The molecule has 1 N–H and O–H groups in total. The summed E-state index contributed by atoms with van der Waals surface area (Å²) in [4.78, 5) is 11.6. The van der Waals surface area contributed by atoms with E-state index in [1.807, 2.05) is 0 Å². The molecule has 3 unspecified atom stereocenters. The van der Waals surface area contributed by atoms with E-state index in [9.17, 15) is 18.3 Å². The molecule has 2 rings (SSSR count). The second kappa shape index (κ2) is 4.61. The lowest BCUT2D eigenvalue weighted by Crippen LogP contribution is -2.28. The monoisotopic (exact) mass is 284 g/mol. The van der Waals surface area contributed by atoms with Gasteiger partial charge < -0.3 is 9.84 Å². The van der Waals surface area contributed by atoms with Crippen molar-refractivity contribution in [3.8, 4) is 0 Å². The maximum atomic E-state index is 11.9. The number of hydrogen-bond acceptors (Lipinski definition) is 4. The number of aliphatic carboxylic acids is 1. The van der Waals surface area contributed by atoms with Crippen molar-refractivity contribution in [3.05, 3.63) is 35.9 Å². The first-order valence-corrected chi connectivity index (χ1v) is 7.77. The highest BCUT2D eigenvalue weighted by Crippen LogP contribution is 2.63. The number of sulfone groups is 1. The molecule has 0 amide bonds. The largest absolute Gasteiger partial charge is 0.481 e. The molecule has 5 nitrogen and oxygen atoms in total. The Labute approximate surface area is 112 Å². The van der Waals surface area contributed by atoms with Gasteiger partial charge in [-0.3, -0.25) is 4.79 Å². The first-order chi connectivity index (χ1) is 8.85. The Balaban J connectivity index is 2.50. The summed E-state index contributed by atoms with van der Waals surface area (Å²) in [5.41, 5.74) is -0.652. The number of carbonyl (C=O) groups is 1. The molecule has 0 radical (unpaired) electrons. The molecule has 0 saturated heterocycles. The smallest absolute Gasteiger partial charge is 0.314 e. The van der Waals surface area contributed by atoms with Crippen molar-refractivity contribution in [1.82, 2.24) is 0 Å². The van der Waals surface area contributed by atoms with Crippen LogP contribution >= 0.6 is 0 Å². The minimum Gasteiger partial charge on any atom is -0.481 e. The molecule has 1 aliphatic carbocycles. The summed E-state index contributed by atoms with van der Waals surface area (Å²) >= 11 is 0. The fourth-order valence-corrected chi connectivity index (χ4v) is 4.79. The maximum absolute atomic E-state index is 11.9. The number of ether oxygens (including phenoxy) is 1. The van der Waals surface area contributed by atoms with Crippen molar-refractivity contribution in [2.45, 2.75) is 11.2 Å². The van der Waals surface area contributed by atoms with Crippen LogP contribution in [0, 0.1) is 5.41 Å². The van der Waals surface area contributed by atoms with E-state index in [4.69, 9.17) is 4.74 Å². The number of methoxy groups -OCH3 is 1. The maximum Gasteiger partial charge on any atom is 0.314 e. The first-order valence-electron chi connectivity index (χ1n) is 5.82. The number of carboxylic acid groups (broad SMARTS) is 1. The number of hydrogen-bond donors (Lipinski definition) is 1. The van der Waals surface area contributed by atoms with Crippen LogP contribution in [0.25, 0.3) is 0 Å². The van der Waals surface area contributed by atoms with Gasteiger partial charge in [-0.05, 0) is 5.56 Å². The Morgan fingerprint density at radius 2 is 1.95 bits per heavy atom. The quantitative estimate of drug-likeness (QED) is 0.869. The highest BCUT2D eigenvalue weighted by Gasteiger charge is 2.74. The van der Waals surface area contributed by atoms with Gasteiger partial charge >= 0.3 is 5.97 Å². The summed E-state index contributed by atoms with van der Waals surface area (Å²) in [6.45, 7) is -0.111. The van der Waals surface area contributed by atoms with E-state index in [0.29, 0.717) is 0 Å². The molecule has 0 bridgehead atoms. The zero-order valence-corrected chi connectivity index (χ0v) is 11.6.